The molecule has 0 saturated carbocycles. The molecule has 0 unspecified atom stereocenters. The molecule has 0 spiro atoms. The molecule has 1 heterocycles. The SMILES string of the molecule is CSc1sc2cc(F)ccc2c1CBr. The number of halogens is 2. The Morgan fingerprint density at radius 2 is 2.29 bits per heavy atom. The largest absolute Gasteiger partial charge is 0.207 e. The Labute approximate surface area is 98.6 Å². The lowest BCUT2D eigenvalue weighted by atomic mass is 10.2. The molecular formula is C10H8BrFS2. The molecule has 0 bridgehead atoms. The molecule has 0 aliphatic heterocycles. The smallest absolute Gasteiger partial charge is 0.124 e. The predicted molar refractivity (Wildman–Crippen MR) is 66.2 cm³/mol. The molecule has 1 aromatic heterocycles. The van der Waals surface area contributed by atoms with Crippen LogP contribution in [-0.4, -0.2) is 6.26 Å². The Bertz CT molecular complexity index is 464. The maximum absolute atomic E-state index is 13.0. The summed E-state index contributed by atoms with van der Waals surface area (Å²) in [5, 5.41) is 1.99. The Kier molecular flexibility index (Phi) is 3.14. The van der Waals surface area contributed by atoms with Gasteiger partial charge in [0.1, 0.15) is 5.82 Å². The van der Waals surface area contributed by atoms with Crippen LogP contribution in [0.2, 0.25) is 0 Å². The highest BCUT2D eigenvalue weighted by Crippen LogP contribution is 2.38. The Hall–Kier alpha value is -0.0600. The van der Waals surface area contributed by atoms with Crippen LogP contribution in [0.4, 0.5) is 4.39 Å². The van der Waals surface area contributed by atoms with E-state index < -0.39 is 0 Å². The van der Waals surface area contributed by atoms with Crippen LogP contribution in [0, 0.1) is 5.82 Å². The van der Waals surface area contributed by atoms with E-state index in [1.54, 1.807) is 29.2 Å². The maximum Gasteiger partial charge on any atom is 0.124 e. The summed E-state index contributed by atoms with van der Waals surface area (Å²) in [6.45, 7) is 0. The van der Waals surface area contributed by atoms with Crippen LogP contribution < -0.4 is 0 Å². The summed E-state index contributed by atoms with van der Waals surface area (Å²) in [5.41, 5.74) is 1.28. The molecule has 74 valence electrons. The molecule has 0 saturated heterocycles. The number of thiophene rings is 1. The molecule has 2 aromatic rings. The first-order valence-corrected chi connectivity index (χ1v) is 7.23. The van der Waals surface area contributed by atoms with E-state index in [0.29, 0.717) is 0 Å². The van der Waals surface area contributed by atoms with Crippen LogP contribution in [-0.2, 0) is 5.33 Å². The topological polar surface area (TPSA) is 0 Å². The summed E-state index contributed by atoms with van der Waals surface area (Å²) >= 11 is 6.84. The highest BCUT2D eigenvalue weighted by atomic mass is 79.9. The first-order valence-electron chi connectivity index (χ1n) is 4.07. The monoisotopic (exact) mass is 290 g/mol. The number of hydrogen-bond donors (Lipinski definition) is 0. The second-order valence-electron chi connectivity index (χ2n) is 2.85. The Balaban J connectivity index is 2.73. The summed E-state index contributed by atoms with van der Waals surface area (Å²) in [6, 6.07) is 4.98. The Morgan fingerprint density at radius 3 is 2.93 bits per heavy atom. The van der Waals surface area contributed by atoms with Crippen molar-refractivity contribution in [3.8, 4) is 0 Å². The lowest BCUT2D eigenvalue weighted by Crippen LogP contribution is -1.76. The predicted octanol–water partition coefficient (Wildman–Crippen LogP) is 4.66. The fourth-order valence-electron chi connectivity index (χ4n) is 1.39. The zero-order valence-electron chi connectivity index (χ0n) is 7.51. The number of hydrogen-bond acceptors (Lipinski definition) is 2. The van der Waals surface area contributed by atoms with Gasteiger partial charge in [-0.25, -0.2) is 4.39 Å². The molecule has 2 rings (SSSR count). The maximum atomic E-state index is 13.0. The van der Waals surface area contributed by atoms with E-state index in [1.165, 1.54) is 15.8 Å². The van der Waals surface area contributed by atoms with E-state index in [4.69, 9.17) is 0 Å². The summed E-state index contributed by atoms with van der Waals surface area (Å²) in [6.07, 6.45) is 2.05. The number of benzene rings is 1. The summed E-state index contributed by atoms with van der Waals surface area (Å²) in [4.78, 5) is 0. The minimum absolute atomic E-state index is 0.160. The molecule has 4 heteroatoms. The standard InChI is InChI=1S/C10H8BrFS2/c1-13-10-8(5-11)7-3-2-6(12)4-9(7)14-10/h2-4H,5H2,1H3. The molecule has 14 heavy (non-hydrogen) atoms. The van der Waals surface area contributed by atoms with Crippen LogP contribution >= 0.6 is 39.0 Å². The average molecular weight is 291 g/mol. The average Bonchev–Trinajstić information content (AvgIpc) is 2.54. The third-order valence-corrected chi connectivity index (χ3v) is 4.95. The van der Waals surface area contributed by atoms with Crippen molar-refractivity contribution in [3.63, 3.8) is 0 Å². The minimum Gasteiger partial charge on any atom is -0.207 e. The highest BCUT2D eigenvalue weighted by molar-refractivity contribution is 9.08. The normalized spacial score (nSPS) is 11.1. The third-order valence-electron chi connectivity index (χ3n) is 2.04. The van der Waals surface area contributed by atoms with E-state index in [9.17, 15) is 4.39 Å². The second kappa shape index (κ2) is 4.21. The lowest BCUT2D eigenvalue weighted by molar-refractivity contribution is 0.630. The van der Waals surface area contributed by atoms with Gasteiger partial charge in [-0.05, 0) is 29.3 Å². The molecule has 0 fully saturated rings. The third kappa shape index (κ3) is 1.71. The number of rotatable bonds is 2. The minimum atomic E-state index is -0.160. The zero-order chi connectivity index (χ0) is 10.1. The van der Waals surface area contributed by atoms with Gasteiger partial charge in [-0.1, -0.05) is 22.0 Å². The number of fused-ring (bicyclic) bond motifs is 1. The van der Waals surface area contributed by atoms with Gasteiger partial charge in [0.25, 0.3) is 0 Å². The van der Waals surface area contributed by atoms with Gasteiger partial charge < -0.3 is 0 Å². The van der Waals surface area contributed by atoms with E-state index in [1.807, 2.05) is 12.3 Å². The molecule has 0 radical (unpaired) electrons. The molecule has 0 nitrogen and oxygen atoms in total. The first kappa shape index (κ1) is 10.5. The fourth-order valence-corrected chi connectivity index (χ4v) is 4.36. The van der Waals surface area contributed by atoms with Crippen molar-refractivity contribution in [2.75, 3.05) is 6.26 Å². The van der Waals surface area contributed by atoms with Crippen molar-refractivity contribution in [2.45, 2.75) is 9.54 Å². The van der Waals surface area contributed by atoms with Gasteiger partial charge in [0.15, 0.2) is 0 Å². The van der Waals surface area contributed by atoms with Gasteiger partial charge in [0.05, 0.1) is 4.21 Å². The summed E-state index contributed by atoms with van der Waals surface area (Å²) in [5.74, 6) is -0.160. The fraction of sp³-hybridized carbons (Fsp3) is 0.200. The van der Waals surface area contributed by atoms with Crippen molar-refractivity contribution < 1.29 is 4.39 Å². The summed E-state index contributed by atoms with van der Waals surface area (Å²) in [7, 11) is 0. The second-order valence-corrected chi connectivity index (χ2v) is 5.53. The van der Waals surface area contributed by atoms with Crippen molar-refractivity contribution in [1.82, 2.24) is 0 Å². The molecule has 0 atom stereocenters. The van der Waals surface area contributed by atoms with E-state index >= 15 is 0 Å². The lowest BCUT2D eigenvalue weighted by Gasteiger charge is -1.95. The van der Waals surface area contributed by atoms with Crippen molar-refractivity contribution in [2.24, 2.45) is 0 Å². The van der Waals surface area contributed by atoms with Crippen LogP contribution in [0.25, 0.3) is 10.1 Å². The van der Waals surface area contributed by atoms with Gasteiger partial charge >= 0.3 is 0 Å². The van der Waals surface area contributed by atoms with Crippen molar-refractivity contribution >= 4 is 49.1 Å². The molecule has 0 aliphatic rings. The van der Waals surface area contributed by atoms with Crippen LogP contribution in [0.1, 0.15) is 5.56 Å². The first-order chi connectivity index (χ1) is 6.76. The van der Waals surface area contributed by atoms with Gasteiger partial charge in [0, 0.05) is 10.0 Å². The van der Waals surface area contributed by atoms with Crippen molar-refractivity contribution in [1.29, 1.82) is 0 Å². The Morgan fingerprint density at radius 1 is 1.50 bits per heavy atom. The number of thioether (sulfide) groups is 1. The van der Waals surface area contributed by atoms with E-state index in [0.717, 1.165) is 15.4 Å². The van der Waals surface area contributed by atoms with E-state index in [-0.39, 0.29) is 5.82 Å². The molecule has 0 amide bonds. The van der Waals surface area contributed by atoms with Crippen molar-refractivity contribution in [3.05, 3.63) is 29.6 Å². The van der Waals surface area contributed by atoms with Crippen LogP contribution in [0.3, 0.4) is 0 Å². The van der Waals surface area contributed by atoms with Gasteiger partial charge in [-0.15, -0.1) is 23.1 Å². The van der Waals surface area contributed by atoms with Gasteiger partial charge in [-0.2, -0.15) is 0 Å². The van der Waals surface area contributed by atoms with Gasteiger partial charge in [0.2, 0.25) is 0 Å². The van der Waals surface area contributed by atoms with Crippen LogP contribution in [0.15, 0.2) is 22.4 Å². The van der Waals surface area contributed by atoms with Gasteiger partial charge in [-0.3, -0.25) is 0 Å². The molecular weight excluding hydrogens is 283 g/mol. The highest BCUT2D eigenvalue weighted by Gasteiger charge is 2.10. The van der Waals surface area contributed by atoms with E-state index in [2.05, 4.69) is 15.9 Å². The molecule has 1 aromatic carbocycles. The molecule has 0 N–H and O–H groups in total. The summed E-state index contributed by atoms with van der Waals surface area (Å²) < 4.78 is 15.3. The van der Waals surface area contributed by atoms with Crippen LogP contribution in [0.5, 0.6) is 0 Å². The molecule has 0 aliphatic carbocycles. The quantitative estimate of drug-likeness (QED) is 0.573. The zero-order valence-corrected chi connectivity index (χ0v) is 10.7. The number of alkyl halides is 1.